The summed E-state index contributed by atoms with van der Waals surface area (Å²) in [6, 6.07) is 6.14. The highest BCUT2D eigenvalue weighted by atomic mass is 16.5. The quantitative estimate of drug-likeness (QED) is 0.343. The number of fused-ring (bicyclic) bond motifs is 1. The Morgan fingerprint density at radius 1 is 1.10 bits per heavy atom. The molecule has 1 heterocycles. The highest BCUT2D eigenvalue weighted by Gasteiger charge is 2.52. The molecule has 0 radical (unpaired) electrons. The van der Waals surface area contributed by atoms with E-state index in [0.29, 0.717) is 26.9 Å². The predicted octanol–water partition coefficient (Wildman–Crippen LogP) is 2.44. The van der Waals surface area contributed by atoms with Crippen molar-refractivity contribution in [3.63, 3.8) is 0 Å². The van der Waals surface area contributed by atoms with E-state index in [1.54, 1.807) is 12.1 Å². The first-order valence-corrected chi connectivity index (χ1v) is 10.9. The van der Waals surface area contributed by atoms with Crippen LogP contribution in [0.5, 0.6) is 0 Å². The molecule has 1 N–H and O–H groups in total. The number of rotatable bonds is 5. The Balaban J connectivity index is 1.35. The van der Waals surface area contributed by atoms with Crippen molar-refractivity contribution in [3.05, 3.63) is 45.8 Å². The standard InChI is InChI=1S/C23H25N3O5/c1-13-21(26(31)18-5-3-2-4-17(18)25(13)30)19(27)9-20(28)22(29)24-23-10-14-6-15(11-23)8-16(7-14)12-23/h2-5,14-16H,6-12H2,1H3,(H,24,29). The van der Waals surface area contributed by atoms with Crippen LogP contribution in [0.4, 0.5) is 0 Å². The summed E-state index contributed by atoms with van der Waals surface area (Å²) in [5.74, 6) is -0.637. The molecule has 1 aromatic heterocycles. The summed E-state index contributed by atoms with van der Waals surface area (Å²) in [4.78, 5) is 50.8. The zero-order valence-electron chi connectivity index (χ0n) is 17.4. The number of hydrogen-bond donors (Lipinski definition) is 1. The number of ketones is 2. The number of nitrogens with one attached hydrogen (secondary N) is 1. The summed E-state index contributed by atoms with van der Waals surface area (Å²) in [6.07, 6.45) is 5.58. The molecule has 162 valence electrons. The average molecular weight is 423 g/mol. The summed E-state index contributed by atoms with van der Waals surface area (Å²) in [7, 11) is 0. The lowest BCUT2D eigenvalue weighted by molar-refractivity contribution is -0.468. The van der Waals surface area contributed by atoms with Crippen LogP contribution in [0.25, 0.3) is 11.0 Å². The molecule has 4 bridgehead atoms. The van der Waals surface area contributed by atoms with E-state index in [4.69, 9.17) is 0 Å². The Kier molecular flexibility index (Phi) is 4.50. The Labute approximate surface area is 178 Å². The van der Waals surface area contributed by atoms with Gasteiger partial charge in [-0.05, 0) is 69.3 Å². The second kappa shape index (κ2) is 7.00. The second-order valence-electron chi connectivity index (χ2n) is 9.69. The molecule has 0 spiro atoms. The average Bonchev–Trinajstić information content (AvgIpc) is 2.71. The van der Waals surface area contributed by atoms with Gasteiger partial charge in [0.05, 0.1) is 16.5 Å². The van der Waals surface area contributed by atoms with E-state index in [-0.39, 0.29) is 22.3 Å². The first-order chi connectivity index (χ1) is 14.8. The van der Waals surface area contributed by atoms with E-state index in [1.165, 1.54) is 38.3 Å². The Bertz CT molecular complexity index is 1150. The molecular formula is C23H25N3O5. The lowest BCUT2D eigenvalue weighted by Gasteiger charge is -2.56. The van der Waals surface area contributed by atoms with Crippen molar-refractivity contribution in [2.45, 2.75) is 57.4 Å². The molecule has 1 amide bonds. The molecule has 4 saturated carbocycles. The van der Waals surface area contributed by atoms with Crippen molar-refractivity contribution in [1.82, 2.24) is 10.0 Å². The molecule has 6 rings (SSSR count). The number of aromatic nitrogens is 2. The summed E-state index contributed by atoms with van der Waals surface area (Å²) in [5.41, 5.74) is -0.646. The number of hydrogen-bond acceptors (Lipinski definition) is 5. The molecule has 8 heteroatoms. The van der Waals surface area contributed by atoms with Crippen molar-refractivity contribution >= 4 is 28.5 Å². The van der Waals surface area contributed by atoms with E-state index >= 15 is 0 Å². The third-order valence-corrected chi connectivity index (χ3v) is 7.43. The lowest BCUT2D eigenvalue weighted by Crippen LogP contribution is -2.60. The maximum Gasteiger partial charge on any atom is 0.325 e. The fourth-order valence-electron chi connectivity index (χ4n) is 6.55. The minimum atomic E-state index is -0.870. The summed E-state index contributed by atoms with van der Waals surface area (Å²) < 4.78 is 0.891. The van der Waals surface area contributed by atoms with Gasteiger partial charge in [-0.25, -0.2) is 0 Å². The zero-order valence-corrected chi connectivity index (χ0v) is 17.4. The molecule has 4 fully saturated rings. The minimum absolute atomic E-state index is 0.0388. The maximum atomic E-state index is 12.8. The monoisotopic (exact) mass is 423 g/mol. The van der Waals surface area contributed by atoms with Crippen molar-refractivity contribution in [3.8, 4) is 0 Å². The third-order valence-electron chi connectivity index (χ3n) is 7.43. The normalized spacial score (nSPS) is 28.6. The Morgan fingerprint density at radius 3 is 2.29 bits per heavy atom. The first-order valence-electron chi connectivity index (χ1n) is 10.9. The number of nitrogens with zero attached hydrogens (tertiary/aromatic N) is 2. The molecule has 2 aromatic rings. The van der Waals surface area contributed by atoms with E-state index in [9.17, 15) is 24.5 Å². The van der Waals surface area contributed by atoms with Crippen LogP contribution in [0, 0.1) is 34.8 Å². The summed E-state index contributed by atoms with van der Waals surface area (Å²) in [6.45, 7) is 1.36. The molecule has 0 atom stereocenters. The van der Waals surface area contributed by atoms with Gasteiger partial charge in [-0.3, -0.25) is 14.4 Å². The van der Waals surface area contributed by atoms with Crippen molar-refractivity contribution in [1.29, 1.82) is 0 Å². The van der Waals surface area contributed by atoms with Gasteiger partial charge in [0.2, 0.25) is 11.6 Å². The van der Waals surface area contributed by atoms with Gasteiger partial charge in [0.1, 0.15) is 5.52 Å². The smallest absolute Gasteiger partial charge is 0.325 e. The van der Waals surface area contributed by atoms with Crippen LogP contribution in [0.15, 0.2) is 24.3 Å². The lowest BCUT2D eigenvalue weighted by atomic mass is 9.53. The number of benzene rings is 1. The van der Waals surface area contributed by atoms with Crippen LogP contribution in [0.2, 0.25) is 0 Å². The largest absolute Gasteiger partial charge is 0.805 e. The van der Waals surface area contributed by atoms with Gasteiger partial charge >= 0.3 is 5.69 Å². The van der Waals surface area contributed by atoms with Gasteiger partial charge in [-0.1, -0.05) is 12.1 Å². The van der Waals surface area contributed by atoms with Gasteiger partial charge in [-0.2, -0.15) is 0 Å². The molecule has 4 aliphatic carbocycles. The first kappa shape index (κ1) is 19.9. The van der Waals surface area contributed by atoms with E-state index in [1.807, 2.05) is 0 Å². The van der Waals surface area contributed by atoms with Gasteiger partial charge < -0.3 is 15.3 Å². The van der Waals surface area contributed by atoms with E-state index in [0.717, 1.165) is 19.3 Å². The van der Waals surface area contributed by atoms with Gasteiger partial charge in [-0.15, -0.1) is 0 Å². The third kappa shape index (κ3) is 3.25. The maximum absolute atomic E-state index is 12.8. The van der Waals surface area contributed by atoms with Crippen LogP contribution in [-0.2, 0) is 9.59 Å². The molecule has 4 aliphatic rings. The molecular weight excluding hydrogens is 398 g/mol. The van der Waals surface area contributed by atoms with Crippen LogP contribution < -0.4 is 9.74 Å². The van der Waals surface area contributed by atoms with E-state index < -0.39 is 29.6 Å². The minimum Gasteiger partial charge on any atom is -0.805 e. The summed E-state index contributed by atoms with van der Waals surface area (Å²) in [5, 5.41) is 15.4. The highest BCUT2D eigenvalue weighted by molar-refractivity contribution is 6.40. The number of amides is 1. The fraction of sp³-hybridized carbons (Fsp3) is 0.522. The SMILES string of the molecule is Cc1c(C(=O)CC(=O)C(=O)NC23CC4CC(CC(C4)C2)C3)[n+](=O)c2ccccc2n1[O-]. The molecule has 0 saturated heterocycles. The number of para-hydroxylation sites is 2. The van der Waals surface area contributed by atoms with Crippen molar-refractivity contribution < 1.29 is 18.8 Å². The molecule has 31 heavy (non-hydrogen) atoms. The number of carbonyl (C=O) groups is 3. The predicted molar refractivity (Wildman–Crippen MR) is 112 cm³/mol. The number of carbonyl (C=O) groups excluding carboxylic acids is 3. The van der Waals surface area contributed by atoms with Crippen molar-refractivity contribution in [2.75, 3.05) is 0 Å². The topological polar surface area (TPSA) is 114 Å². The van der Waals surface area contributed by atoms with Crippen LogP contribution >= 0.6 is 0 Å². The van der Waals surface area contributed by atoms with Gasteiger partial charge in [0.15, 0.2) is 0 Å². The fourth-order valence-corrected chi connectivity index (χ4v) is 6.55. The zero-order chi connectivity index (χ0) is 21.9. The van der Waals surface area contributed by atoms with Crippen LogP contribution in [0.1, 0.15) is 61.1 Å². The molecule has 1 aromatic carbocycles. The van der Waals surface area contributed by atoms with Crippen LogP contribution in [-0.4, -0.2) is 27.7 Å². The van der Waals surface area contributed by atoms with Gasteiger partial charge in [0, 0.05) is 16.5 Å². The Hall–Kier alpha value is -3.03. The molecule has 0 unspecified atom stereocenters. The second-order valence-corrected chi connectivity index (χ2v) is 9.69. The van der Waals surface area contributed by atoms with E-state index in [2.05, 4.69) is 5.32 Å². The number of Topliss-reactive ketones (excluding diaryl/α,β-unsaturated/α-hetero) is 2. The van der Waals surface area contributed by atoms with Crippen molar-refractivity contribution in [2.24, 2.45) is 17.8 Å². The molecule has 0 aliphatic heterocycles. The van der Waals surface area contributed by atoms with Crippen LogP contribution in [0.3, 0.4) is 0 Å². The molecule has 8 nitrogen and oxygen atoms in total. The highest BCUT2D eigenvalue weighted by Crippen LogP contribution is 2.55. The van der Waals surface area contributed by atoms with Gasteiger partial charge in [0.25, 0.3) is 11.4 Å². The summed E-state index contributed by atoms with van der Waals surface area (Å²) >= 11 is 0. The Morgan fingerprint density at radius 2 is 1.68 bits per heavy atom.